The summed E-state index contributed by atoms with van der Waals surface area (Å²) in [5.41, 5.74) is 4.02. The third-order valence-corrected chi connectivity index (χ3v) is 5.55. The maximum absolute atomic E-state index is 13.0. The van der Waals surface area contributed by atoms with Gasteiger partial charge in [0.05, 0.1) is 17.2 Å². The molecule has 0 radical (unpaired) electrons. The van der Waals surface area contributed by atoms with Crippen LogP contribution in [0, 0.1) is 0 Å². The van der Waals surface area contributed by atoms with Crippen LogP contribution in [-0.2, 0) is 6.61 Å². The van der Waals surface area contributed by atoms with Crippen molar-refractivity contribution in [3.8, 4) is 5.75 Å². The predicted molar refractivity (Wildman–Crippen MR) is 109 cm³/mol. The molecule has 0 N–H and O–H groups in total. The lowest BCUT2D eigenvalue weighted by Crippen LogP contribution is -2.29. The Morgan fingerprint density at radius 2 is 1.96 bits per heavy atom. The van der Waals surface area contributed by atoms with Crippen LogP contribution in [0.25, 0.3) is 0 Å². The Labute approximate surface area is 168 Å². The molecule has 2 heterocycles. The molecule has 0 aliphatic heterocycles. The molecule has 2 aromatic heterocycles. The van der Waals surface area contributed by atoms with Gasteiger partial charge in [-0.1, -0.05) is 25.3 Å². The number of ether oxygens (including phenoxy) is 1. The second-order valence-corrected chi connectivity index (χ2v) is 7.67. The molecule has 0 unspecified atom stereocenters. The van der Waals surface area contributed by atoms with E-state index in [1.54, 1.807) is 39.7 Å². The van der Waals surface area contributed by atoms with Gasteiger partial charge in [-0.15, -0.1) is 11.3 Å². The maximum atomic E-state index is 13.0. The zero-order chi connectivity index (χ0) is 19.2. The van der Waals surface area contributed by atoms with E-state index < -0.39 is 0 Å². The first-order valence-electron chi connectivity index (χ1n) is 9.66. The largest absolute Gasteiger partial charge is 0.487 e. The second-order valence-electron chi connectivity index (χ2n) is 6.95. The van der Waals surface area contributed by atoms with E-state index in [-0.39, 0.29) is 5.91 Å². The summed E-state index contributed by atoms with van der Waals surface area (Å²) in [5.74, 6) is 0.635. The molecule has 5 nitrogen and oxygen atoms in total. The predicted octanol–water partition coefficient (Wildman–Crippen LogP) is 4.45. The molecule has 28 heavy (non-hydrogen) atoms. The summed E-state index contributed by atoms with van der Waals surface area (Å²) in [7, 11) is 0. The fourth-order valence-electron chi connectivity index (χ4n) is 3.41. The Morgan fingerprint density at radius 1 is 1.14 bits per heavy atom. The topological polar surface area (TPSA) is 56.5 Å². The molecule has 1 fully saturated rings. The molecule has 4 rings (SSSR count). The monoisotopic (exact) mass is 393 g/mol. The number of pyridine rings is 1. The number of carbonyl (C=O) groups is 1. The van der Waals surface area contributed by atoms with Gasteiger partial charge >= 0.3 is 0 Å². The molecule has 0 atom stereocenters. The van der Waals surface area contributed by atoms with Crippen molar-refractivity contribution in [2.45, 2.75) is 44.8 Å². The highest BCUT2D eigenvalue weighted by Gasteiger charge is 2.13. The molecule has 0 bridgehead atoms. The van der Waals surface area contributed by atoms with Gasteiger partial charge in [0, 0.05) is 17.1 Å². The first-order chi connectivity index (χ1) is 13.8. The number of thiazole rings is 1. The summed E-state index contributed by atoms with van der Waals surface area (Å²) in [5, 5.41) is 1.96. The van der Waals surface area contributed by atoms with Crippen molar-refractivity contribution in [2.24, 2.45) is 4.99 Å². The summed E-state index contributed by atoms with van der Waals surface area (Å²) in [6.07, 6.45) is 7.73. The van der Waals surface area contributed by atoms with E-state index >= 15 is 0 Å². The lowest BCUT2D eigenvalue weighted by Gasteiger charge is -2.17. The molecule has 1 aromatic carbocycles. The number of carbonyl (C=O) groups excluding carboxylic acids is 1. The Kier molecular flexibility index (Phi) is 5.97. The SMILES string of the molecule is O=C(c1ccc(OCc2cscn2)cc1)n1ccccc1=NC1CCCCC1. The van der Waals surface area contributed by atoms with Gasteiger partial charge in [0.1, 0.15) is 17.8 Å². The highest BCUT2D eigenvalue weighted by molar-refractivity contribution is 7.07. The third kappa shape index (κ3) is 4.57. The van der Waals surface area contributed by atoms with Gasteiger partial charge in [0.15, 0.2) is 0 Å². The summed E-state index contributed by atoms with van der Waals surface area (Å²) >= 11 is 1.54. The standard InChI is InChI=1S/C22H23N3O2S/c26-22(17-9-11-20(12-10-17)27-14-19-15-28-16-23-19)25-13-5-4-8-21(25)24-18-6-2-1-3-7-18/h4-5,8-13,15-16,18H,1-3,6-7,14H2. The van der Waals surface area contributed by atoms with E-state index in [0.29, 0.717) is 18.2 Å². The molecular formula is C22H23N3O2S. The van der Waals surface area contributed by atoms with Gasteiger partial charge in [-0.2, -0.15) is 0 Å². The minimum atomic E-state index is -0.0822. The zero-order valence-corrected chi connectivity index (χ0v) is 16.5. The maximum Gasteiger partial charge on any atom is 0.263 e. The van der Waals surface area contributed by atoms with Crippen LogP contribution in [0.3, 0.4) is 0 Å². The van der Waals surface area contributed by atoms with E-state index in [9.17, 15) is 4.79 Å². The van der Waals surface area contributed by atoms with Crippen LogP contribution in [0.2, 0.25) is 0 Å². The Hall–Kier alpha value is -2.73. The number of benzene rings is 1. The van der Waals surface area contributed by atoms with E-state index in [1.807, 2.05) is 35.7 Å². The highest BCUT2D eigenvalue weighted by Crippen LogP contribution is 2.20. The molecule has 6 heteroatoms. The van der Waals surface area contributed by atoms with Crippen molar-refractivity contribution in [2.75, 3.05) is 0 Å². The molecule has 1 aliphatic carbocycles. The molecule has 3 aromatic rings. The molecule has 1 aliphatic rings. The molecule has 144 valence electrons. The first kappa shape index (κ1) is 18.6. The van der Waals surface area contributed by atoms with Crippen molar-refractivity contribution in [3.63, 3.8) is 0 Å². The van der Waals surface area contributed by atoms with E-state index in [4.69, 9.17) is 9.73 Å². The van der Waals surface area contributed by atoms with Crippen LogP contribution in [0.5, 0.6) is 5.75 Å². The van der Waals surface area contributed by atoms with Gasteiger partial charge in [-0.3, -0.25) is 14.4 Å². The minimum absolute atomic E-state index is 0.0822. The van der Waals surface area contributed by atoms with Crippen molar-refractivity contribution < 1.29 is 9.53 Å². The zero-order valence-electron chi connectivity index (χ0n) is 15.7. The van der Waals surface area contributed by atoms with Crippen molar-refractivity contribution in [3.05, 3.63) is 76.3 Å². The van der Waals surface area contributed by atoms with Crippen molar-refractivity contribution in [1.82, 2.24) is 9.55 Å². The van der Waals surface area contributed by atoms with Gasteiger partial charge < -0.3 is 4.74 Å². The number of nitrogens with zero attached hydrogens (tertiary/aromatic N) is 3. The van der Waals surface area contributed by atoms with Gasteiger partial charge in [0.25, 0.3) is 5.91 Å². The minimum Gasteiger partial charge on any atom is -0.487 e. The quantitative estimate of drug-likeness (QED) is 0.644. The number of hydrogen-bond acceptors (Lipinski definition) is 5. The first-order valence-corrected chi connectivity index (χ1v) is 10.6. The third-order valence-electron chi connectivity index (χ3n) is 4.92. The number of hydrogen-bond donors (Lipinski definition) is 0. The van der Waals surface area contributed by atoms with Crippen LogP contribution in [0.15, 0.2) is 64.5 Å². The van der Waals surface area contributed by atoms with E-state index in [1.165, 1.54) is 19.3 Å². The van der Waals surface area contributed by atoms with Gasteiger partial charge in [-0.25, -0.2) is 4.98 Å². The van der Waals surface area contributed by atoms with Crippen LogP contribution in [0.1, 0.15) is 48.2 Å². The fraction of sp³-hybridized carbons (Fsp3) is 0.318. The second kappa shape index (κ2) is 8.97. The average Bonchev–Trinajstić information content (AvgIpc) is 3.27. The molecular weight excluding hydrogens is 370 g/mol. The van der Waals surface area contributed by atoms with Crippen molar-refractivity contribution in [1.29, 1.82) is 0 Å². The Morgan fingerprint density at radius 3 is 2.71 bits per heavy atom. The Bertz CT molecular complexity index is 972. The van der Waals surface area contributed by atoms with Crippen molar-refractivity contribution >= 4 is 17.2 Å². The molecule has 0 saturated heterocycles. The summed E-state index contributed by atoms with van der Waals surface area (Å²) < 4.78 is 7.36. The van der Waals surface area contributed by atoms with Crippen LogP contribution in [-0.4, -0.2) is 21.5 Å². The normalized spacial score (nSPS) is 15.5. The lowest BCUT2D eigenvalue weighted by molar-refractivity contribution is 0.0954. The van der Waals surface area contributed by atoms with Crippen LogP contribution < -0.4 is 10.2 Å². The molecule has 1 saturated carbocycles. The number of rotatable bonds is 5. The van der Waals surface area contributed by atoms with E-state index in [2.05, 4.69) is 4.98 Å². The number of aromatic nitrogens is 2. The van der Waals surface area contributed by atoms with E-state index in [0.717, 1.165) is 29.8 Å². The highest BCUT2D eigenvalue weighted by atomic mass is 32.1. The molecule has 0 spiro atoms. The summed E-state index contributed by atoms with van der Waals surface area (Å²) in [4.78, 5) is 22.1. The fourth-order valence-corrected chi connectivity index (χ4v) is 3.95. The van der Waals surface area contributed by atoms with Gasteiger partial charge in [-0.05, 0) is 49.2 Å². The smallest absolute Gasteiger partial charge is 0.263 e. The van der Waals surface area contributed by atoms with Crippen LogP contribution >= 0.6 is 11.3 Å². The lowest BCUT2D eigenvalue weighted by atomic mass is 9.96. The Balaban J connectivity index is 1.50. The summed E-state index contributed by atoms with van der Waals surface area (Å²) in [6.45, 7) is 0.425. The van der Waals surface area contributed by atoms with Crippen LogP contribution in [0.4, 0.5) is 0 Å². The summed E-state index contributed by atoms with van der Waals surface area (Å²) in [6, 6.07) is 13.3. The van der Waals surface area contributed by atoms with Gasteiger partial charge in [0.2, 0.25) is 0 Å². The average molecular weight is 394 g/mol. The molecule has 0 amide bonds.